The number of phenolic OH excluding ortho intramolecular Hbond substituents is 1. The molecule has 1 aromatic carbocycles. The number of carbonyl (C=O) groups is 14. The summed E-state index contributed by atoms with van der Waals surface area (Å²) < 4.78 is 5.95. The van der Waals surface area contributed by atoms with Crippen molar-refractivity contribution in [2.24, 2.45) is 17.4 Å². The minimum Gasteiger partial charge on any atom is -0.508 e. The number of benzene rings is 1. The zero-order chi connectivity index (χ0) is 80.8. The summed E-state index contributed by atoms with van der Waals surface area (Å²) in [5.41, 5.74) is 11.5. The zero-order valence-corrected chi connectivity index (χ0v) is 64.1. The lowest BCUT2D eigenvalue weighted by atomic mass is 9.99. The summed E-state index contributed by atoms with van der Waals surface area (Å²) in [6.07, 6.45) is -5.96. The Morgan fingerprint density at radius 1 is 0.550 bits per heavy atom. The van der Waals surface area contributed by atoms with Gasteiger partial charge in [0.05, 0.1) is 62.1 Å². The van der Waals surface area contributed by atoms with Gasteiger partial charge in [-0.2, -0.15) is 0 Å². The van der Waals surface area contributed by atoms with Crippen LogP contribution in [0, 0.1) is 5.92 Å². The molecule has 37 nitrogen and oxygen atoms in total. The molecule has 0 bridgehead atoms. The average molecular weight is 1570 g/mol. The number of rotatable bonds is 25. The number of cyclic esters (lactones) is 1. The molecule has 616 valence electrons. The Hall–Kier alpha value is -8.43. The van der Waals surface area contributed by atoms with Crippen LogP contribution in [-0.4, -0.2) is 275 Å². The van der Waals surface area contributed by atoms with Gasteiger partial charge in [0.15, 0.2) is 0 Å². The number of phenols is 1. The second kappa shape index (κ2) is 46.9. The topological polar surface area (TPSA) is 589 Å². The van der Waals surface area contributed by atoms with E-state index in [0.29, 0.717) is 23.3 Å². The molecule has 109 heavy (non-hydrogen) atoms. The van der Waals surface area contributed by atoms with Gasteiger partial charge in [-0.1, -0.05) is 97.1 Å². The Morgan fingerprint density at radius 2 is 1.05 bits per heavy atom. The van der Waals surface area contributed by atoms with Crippen molar-refractivity contribution in [3.63, 3.8) is 0 Å². The van der Waals surface area contributed by atoms with E-state index in [9.17, 15) is 108 Å². The van der Waals surface area contributed by atoms with Gasteiger partial charge in [0.1, 0.15) is 78.3 Å². The van der Waals surface area contributed by atoms with Gasteiger partial charge in [-0.25, -0.2) is 4.79 Å². The van der Waals surface area contributed by atoms with Gasteiger partial charge in [0, 0.05) is 25.9 Å². The Labute approximate surface area is 640 Å². The van der Waals surface area contributed by atoms with E-state index in [2.05, 4.69) is 60.1 Å². The van der Waals surface area contributed by atoms with Crippen LogP contribution in [-0.2, 0) is 78.3 Å². The van der Waals surface area contributed by atoms with Gasteiger partial charge >= 0.3 is 5.97 Å². The maximum Gasteiger partial charge on any atom is 0.328 e. The molecule has 1 aromatic rings. The minimum atomic E-state index is -2.22. The van der Waals surface area contributed by atoms with Crippen LogP contribution >= 0.6 is 12.4 Å². The predicted molar refractivity (Wildman–Crippen MR) is 393 cm³/mol. The number of esters is 1. The highest BCUT2D eigenvalue weighted by Crippen LogP contribution is 2.25. The lowest BCUT2D eigenvalue weighted by molar-refractivity contribution is -0.155. The second-order valence-corrected chi connectivity index (χ2v) is 28.7. The first kappa shape index (κ1) is 94.8. The molecule has 0 spiro atoms. The predicted octanol–water partition coefficient (Wildman–Crippen LogP) is -5.05. The fourth-order valence-electron chi connectivity index (χ4n) is 12.8. The summed E-state index contributed by atoms with van der Waals surface area (Å²) >= 11 is 0. The van der Waals surface area contributed by atoms with E-state index in [1.807, 2.05) is 0 Å². The molecule has 3 heterocycles. The molecule has 3 saturated heterocycles. The van der Waals surface area contributed by atoms with Crippen molar-refractivity contribution in [1.82, 2.24) is 63.0 Å². The van der Waals surface area contributed by atoms with Crippen LogP contribution in [0.4, 0.5) is 0 Å². The minimum absolute atomic E-state index is 0. The number of fused-ring (bicyclic) bond motifs is 2. The number of primary amides is 1. The Bertz CT molecular complexity index is 3210. The van der Waals surface area contributed by atoms with Crippen LogP contribution in [0.3, 0.4) is 0 Å². The van der Waals surface area contributed by atoms with Gasteiger partial charge in [-0.15, -0.1) is 12.4 Å². The monoisotopic (exact) mass is 1570 g/mol. The number of nitrogens with zero attached hydrogens (tertiary/aromatic N) is 2. The average Bonchev–Trinajstić information content (AvgIpc) is 1.70. The number of carbonyl (C=O) groups excluding carboxylic acids is 14. The SMILES string of the molecule is CCCCCCCCCCCCC[C@@H]1CC(=O)N[C@H]([C@@H](C)O)C(=O)N[C@H](C)C(=O)N[C@@H](Cc2ccc(O)cc2)C(=O)N[C@@H](C(C)C)C(=O)N2C[C@H](O)C[C@H]2C(=O)N[C@H]([C@@H](C)O)C(=O)N[C@@H]([C@@H](C)O)C(=O)N2CC[C@H](O)[C@H]2C(=O)N[C@@H]([C@H](O)CC(N)=O)C(=O)NCC(=O)N[C@H]([C@@H](C)O)C(=O)N[C@@H](CCCN)C(=O)O1.Cl. The summed E-state index contributed by atoms with van der Waals surface area (Å²) in [5.74, 6) is -17.1. The summed E-state index contributed by atoms with van der Waals surface area (Å²) in [5, 5.41) is 111. The number of ether oxygens (including phenoxy) is 1. The van der Waals surface area contributed by atoms with Crippen LogP contribution in [0.2, 0.25) is 0 Å². The van der Waals surface area contributed by atoms with Gasteiger partial charge in [-0.3, -0.25) is 62.3 Å². The molecular formula is C71H117ClN14O23. The number of hydrogen-bond acceptors (Lipinski definition) is 24. The first-order valence-corrected chi connectivity index (χ1v) is 37.2. The standard InChI is InChI=1S/C71H116N14O23.ClH/c1-9-10-11-12-13-14-15-16-17-18-19-21-45-32-52(95)78-55(38(5)86)65(101)75-37(4)61(97)77-47(30-42-23-25-43(90)26-24-42)62(98)80-54(36(2)3)69(105)85-35-44(91)31-48(85)63(99)81-57(40(7)88)67(103)82-58(41(8)89)70(106)84-29-27-49(92)60(84)68(104)83-59(50(93)33-51(73)94)64(100)74-34-53(96)79-56(39(6)87)66(102)76-46(22-20-28-72)71(107)108-45;/h23-26,36-41,44-50,54-60,86-93H,9-22,27-35,72H2,1-8H3,(H2,73,94)(H,74,100)(H,75,101)(H,76,102)(H,77,97)(H,78,95)(H,79,96)(H,80,98)(H,81,99)(H,82,103)(H,83,104);1H/t37-,38-,39-,40-,41-,44-,45-,46+,47+,48+,49+,50-,54+,55-,56-,57-,58+,59+,60+;/m1./s1. The van der Waals surface area contributed by atoms with Crippen LogP contribution in [0.1, 0.15) is 177 Å². The van der Waals surface area contributed by atoms with E-state index in [1.54, 1.807) is 0 Å². The Kier molecular flexibility index (Phi) is 40.8. The molecule has 0 unspecified atom stereocenters. The molecule has 0 aliphatic carbocycles. The number of unbranched alkanes of at least 4 members (excludes halogenated alkanes) is 10. The number of aliphatic hydroxyl groups excluding tert-OH is 7. The molecule has 0 saturated carbocycles. The van der Waals surface area contributed by atoms with Crippen LogP contribution < -0.4 is 64.6 Å². The molecule has 19 atom stereocenters. The number of aliphatic hydroxyl groups is 7. The highest BCUT2D eigenvalue weighted by Gasteiger charge is 2.48. The largest absolute Gasteiger partial charge is 0.508 e. The van der Waals surface area contributed by atoms with E-state index in [1.165, 1.54) is 58.4 Å². The summed E-state index contributed by atoms with van der Waals surface area (Å²) in [6.45, 7) is 8.69. The first-order chi connectivity index (χ1) is 50.9. The van der Waals surface area contributed by atoms with E-state index in [-0.39, 0.29) is 56.8 Å². The van der Waals surface area contributed by atoms with Gasteiger partial charge in [-0.05, 0) is 96.9 Å². The van der Waals surface area contributed by atoms with Crippen LogP contribution in [0.25, 0.3) is 0 Å². The summed E-state index contributed by atoms with van der Waals surface area (Å²) in [7, 11) is 0. The van der Waals surface area contributed by atoms with Crippen molar-refractivity contribution < 1.29 is 113 Å². The molecule has 38 heteroatoms. The summed E-state index contributed by atoms with van der Waals surface area (Å²) in [6, 6.07) is -14.3. The van der Waals surface area contributed by atoms with Crippen molar-refractivity contribution >= 4 is 95.2 Å². The number of amides is 13. The van der Waals surface area contributed by atoms with E-state index in [4.69, 9.17) is 16.2 Å². The highest BCUT2D eigenvalue weighted by molar-refractivity contribution is 6.00. The summed E-state index contributed by atoms with van der Waals surface area (Å²) in [4.78, 5) is 199. The fourth-order valence-corrected chi connectivity index (χ4v) is 12.8. The lowest BCUT2D eigenvalue weighted by Crippen LogP contribution is -2.64. The van der Waals surface area contributed by atoms with E-state index >= 15 is 0 Å². The van der Waals surface area contributed by atoms with Crippen LogP contribution in [0.5, 0.6) is 5.75 Å². The lowest BCUT2D eigenvalue weighted by Gasteiger charge is -2.34. The molecule has 0 radical (unpaired) electrons. The second-order valence-electron chi connectivity index (χ2n) is 28.7. The van der Waals surface area contributed by atoms with E-state index in [0.717, 1.165) is 77.0 Å². The first-order valence-electron chi connectivity index (χ1n) is 37.2. The number of halogens is 1. The van der Waals surface area contributed by atoms with Crippen molar-refractivity contribution in [2.45, 2.75) is 293 Å². The third-order valence-corrected chi connectivity index (χ3v) is 19.0. The van der Waals surface area contributed by atoms with Crippen molar-refractivity contribution in [2.75, 3.05) is 26.2 Å². The normalized spacial score (nSPS) is 27.9. The quantitative estimate of drug-likeness (QED) is 0.0322. The molecule has 0 aromatic heterocycles. The number of nitrogens with two attached hydrogens (primary N) is 2. The maximum absolute atomic E-state index is 14.8. The highest BCUT2D eigenvalue weighted by atomic mass is 35.5. The molecular weight excluding hydrogens is 1450 g/mol. The van der Waals surface area contributed by atoms with Crippen molar-refractivity contribution in [3.05, 3.63) is 29.8 Å². The zero-order valence-electron chi connectivity index (χ0n) is 63.3. The number of hydrogen-bond donors (Lipinski definition) is 20. The molecule has 3 aliphatic heterocycles. The van der Waals surface area contributed by atoms with Gasteiger partial charge in [0.2, 0.25) is 76.8 Å². The number of aromatic hydroxyl groups is 1. The fraction of sp³-hybridized carbons (Fsp3) is 0.718. The third kappa shape index (κ3) is 30.4. The molecule has 4 rings (SSSR count). The van der Waals surface area contributed by atoms with Crippen molar-refractivity contribution in [1.29, 1.82) is 0 Å². The maximum atomic E-state index is 14.8. The molecule has 22 N–H and O–H groups in total. The smallest absolute Gasteiger partial charge is 0.328 e. The van der Waals surface area contributed by atoms with Crippen LogP contribution in [0.15, 0.2) is 24.3 Å². The van der Waals surface area contributed by atoms with Crippen molar-refractivity contribution in [3.8, 4) is 5.75 Å². The number of nitrogens with one attached hydrogen (secondary N) is 10. The van der Waals surface area contributed by atoms with Gasteiger partial charge < -0.3 is 120 Å². The third-order valence-electron chi connectivity index (χ3n) is 19.0. The molecule has 13 amide bonds. The Balaban J connectivity index is 0.0000308. The molecule has 3 fully saturated rings. The van der Waals surface area contributed by atoms with E-state index < -0.39 is 243 Å². The Morgan fingerprint density at radius 3 is 1.60 bits per heavy atom. The van der Waals surface area contributed by atoms with Gasteiger partial charge in [0.25, 0.3) is 0 Å². The molecule has 3 aliphatic rings.